The van der Waals surface area contributed by atoms with E-state index < -0.39 is 16.1 Å². The minimum absolute atomic E-state index is 0.0489. The van der Waals surface area contributed by atoms with Crippen LogP contribution in [0.15, 0.2) is 113 Å². The average molecular weight is 526 g/mol. The summed E-state index contributed by atoms with van der Waals surface area (Å²) in [6, 6.07) is 29.1. The molecule has 0 spiro atoms. The quantitative estimate of drug-likeness (QED) is 0.338. The molecule has 0 unspecified atom stereocenters. The number of carbonyl (C=O) groups excluding carboxylic acids is 2. The number of fused-ring (bicyclic) bond motifs is 1. The van der Waals surface area contributed by atoms with E-state index in [1.165, 1.54) is 24.3 Å². The molecule has 38 heavy (non-hydrogen) atoms. The van der Waals surface area contributed by atoms with E-state index in [1.807, 2.05) is 54.6 Å². The van der Waals surface area contributed by atoms with Gasteiger partial charge in [0.1, 0.15) is 5.71 Å². The predicted octanol–water partition coefficient (Wildman–Crippen LogP) is 4.65. The Labute approximate surface area is 219 Å². The zero-order valence-electron chi connectivity index (χ0n) is 20.0. The predicted molar refractivity (Wildman–Crippen MR) is 147 cm³/mol. The molecule has 1 aliphatic heterocycles. The van der Waals surface area contributed by atoms with Crippen LogP contribution in [-0.2, 0) is 21.4 Å². The summed E-state index contributed by atoms with van der Waals surface area (Å²) in [5.74, 6) is -0.176. The van der Waals surface area contributed by atoms with Crippen molar-refractivity contribution in [1.29, 1.82) is 0 Å². The maximum atomic E-state index is 13.3. The molecule has 0 radical (unpaired) electrons. The van der Waals surface area contributed by atoms with E-state index in [4.69, 9.17) is 5.14 Å². The molecule has 0 bridgehead atoms. The van der Waals surface area contributed by atoms with Crippen LogP contribution < -0.4 is 20.7 Å². The van der Waals surface area contributed by atoms with E-state index in [0.29, 0.717) is 29.3 Å². The number of nitrogens with one attached hydrogen (secondary N) is 2. The molecule has 0 aromatic heterocycles. The molecule has 4 N–H and O–H groups in total. The molecule has 190 valence electrons. The topological polar surface area (TPSA) is 134 Å². The number of benzene rings is 4. The van der Waals surface area contributed by atoms with Crippen LogP contribution in [0.5, 0.6) is 0 Å². The van der Waals surface area contributed by atoms with E-state index in [-0.39, 0.29) is 10.8 Å². The van der Waals surface area contributed by atoms with Gasteiger partial charge in [0.05, 0.1) is 22.8 Å². The van der Waals surface area contributed by atoms with Gasteiger partial charge in [-0.3, -0.25) is 4.79 Å². The molecule has 5 rings (SSSR count). The number of nitrogens with two attached hydrogens (primary N) is 1. The lowest BCUT2D eigenvalue weighted by atomic mass is 10.1. The average Bonchev–Trinajstić information content (AvgIpc) is 3.16. The van der Waals surface area contributed by atoms with Gasteiger partial charge in [0, 0.05) is 16.9 Å². The van der Waals surface area contributed by atoms with Crippen LogP contribution in [-0.4, -0.2) is 26.1 Å². The lowest BCUT2D eigenvalue weighted by molar-refractivity contribution is -0.112. The van der Waals surface area contributed by atoms with Gasteiger partial charge >= 0.3 is 6.03 Å². The van der Waals surface area contributed by atoms with Gasteiger partial charge in [-0.25, -0.2) is 23.3 Å². The van der Waals surface area contributed by atoms with Gasteiger partial charge in [-0.1, -0.05) is 48.5 Å². The highest BCUT2D eigenvalue weighted by Crippen LogP contribution is 2.32. The monoisotopic (exact) mass is 525 g/mol. The van der Waals surface area contributed by atoms with Crippen molar-refractivity contribution in [2.75, 3.05) is 15.5 Å². The van der Waals surface area contributed by atoms with Crippen LogP contribution in [0.2, 0.25) is 0 Å². The van der Waals surface area contributed by atoms with Gasteiger partial charge < -0.3 is 15.5 Å². The first-order chi connectivity index (χ1) is 18.3. The van der Waals surface area contributed by atoms with Gasteiger partial charge in [0.2, 0.25) is 10.0 Å². The van der Waals surface area contributed by atoms with Crippen LogP contribution in [0.4, 0.5) is 27.5 Å². The maximum absolute atomic E-state index is 13.3. The first-order valence-electron chi connectivity index (χ1n) is 11.6. The summed E-state index contributed by atoms with van der Waals surface area (Å²) < 4.78 is 22.7. The van der Waals surface area contributed by atoms with Gasteiger partial charge in [0.15, 0.2) is 0 Å². The highest BCUT2D eigenvalue weighted by molar-refractivity contribution is 7.89. The van der Waals surface area contributed by atoms with E-state index in [0.717, 1.165) is 16.8 Å². The van der Waals surface area contributed by atoms with Crippen molar-refractivity contribution in [3.63, 3.8) is 0 Å². The van der Waals surface area contributed by atoms with Crippen molar-refractivity contribution in [2.24, 2.45) is 10.1 Å². The van der Waals surface area contributed by atoms with E-state index >= 15 is 0 Å². The third kappa shape index (κ3) is 5.46. The minimum Gasteiger partial charge on any atom is -0.308 e. The Balaban J connectivity index is 1.29. The molecule has 9 nitrogen and oxygen atoms in total. The van der Waals surface area contributed by atoms with Crippen LogP contribution in [0.3, 0.4) is 0 Å². The zero-order chi connectivity index (χ0) is 26.7. The molecule has 10 heteroatoms. The molecular formula is C28H23N5O4S. The third-order valence-electron chi connectivity index (χ3n) is 5.89. The summed E-state index contributed by atoms with van der Waals surface area (Å²) in [6.07, 6.45) is 0. The number of aliphatic imine (C=N–C) groups is 1. The van der Waals surface area contributed by atoms with Crippen molar-refractivity contribution in [3.05, 3.63) is 114 Å². The number of primary sulfonamides is 1. The second-order valence-corrected chi connectivity index (χ2v) is 10.1. The normalized spacial score (nSPS) is 13.9. The Morgan fingerprint density at radius 3 is 2.00 bits per heavy atom. The Bertz CT molecular complexity index is 1640. The number of anilines is 3. The molecule has 0 aliphatic carbocycles. The summed E-state index contributed by atoms with van der Waals surface area (Å²) in [5.41, 5.74) is 4.43. The molecule has 0 saturated carbocycles. The number of carbonyl (C=O) groups is 2. The maximum Gasteiger partial charge on any atom is 0.323 e. The summed E-state index contributed by atoms with van der Waals surface area (Å²) in [5, 5.41) is 10.4. The summed E-state index contributed by atoms with van der Waals surface area (Å²) in [4.78, 5) is 32.0. The van der Waals surface area contributed by atoms with Gasteiger partial charge in [-0.05, 0) is 60.2 Å². The van der Waals surface area contributed by atoms with Crippen LogP contribution in [0, 0.1) is 0 Å². The molecular weight excluding hydrogens is 502 g/mol. The highest BCUT2D eigenvalue weighted by Gasteiger charge is 2.33. The Kier molecular flexibility index (Phi) is 6.73. The summed E-state index contributed by atoms with van der Waals surface area (Å²) in [6.45, 7) is 0.443. The SMILES string of the molecule is NS(=O)(=O)c1ccc(NC(=O)Nc2ccc(N=C3C(=O)N(Cc4ccccc4)c4ccccc43)cc2)cc1. The fourth-order valence-corrected chi connectivity index (χ4v) is 4.58. The minimum atomic E-state index is -3.81. The first-order valence-corrected chi connectivity index (χ1v) is 13.2. The van der Waals surface area contributed by atoms with E-state index in [9.17, 15) is 18.0 Å². The number of hydrogen-bond acceptors (Lipinski definition) is 5. The van der Waals surface area contributed by atoms with Gasteiger partial charge in [0.25, 0.3) is 5.91 Å². The molecule has 0 atom stereocenters. The highest BCUT2D eigenvalue weighted by atomic mass is 32.2. The Morgan fingerprint density at radius 1 is 0.789 bits per heavy atom. The smallest absolute Gasteiger partial charge is 0.308 e. The zero-order valence-corrected chi connectivity index (χ0v) is 20.9. The lowest BCUT2D eigenvalue weighted by Gasteiger charge is -2.16. The van der Waals surface area contributed by atoms with Crippen LogP contribution in [0.25, 0.3) is 0 Å². The number of urea groups is 1. The molecule has 0 saturated heterocycles. The van der Waals surface area contributed by atoms with Crippen LogP contribution >= 0.6 is 0 Å². The number of rotatable bonds is 6. The third-order valence-corrected chi connectivity index (χ3v) is 6.82. The standard InChI is InChI=1S/C28H23N5O4S/c29-38(36,37)23-16-14-22(15-17-23)32-28(35)31-21-12-10-20(11-13-21)30-26-24-8-4-5-9-25(24)33(27(26)34)18-19-6-2-1-3-7-19/h1-17H,18H2,(H2,29,36,37)(H2,31,32,35). The number of para-hydroxylation sites is 1. The summed E-state index contributed by atoms with van der Waals surface area (Å²) >= 11 is 0. The second-order valence-electron chi connectivity index (χ2n) is 8.55. The molecule has 0 fully saturated rings. The molecule has 1 aliphatic rings. The van der Waals surface area contributed by atoms with Crippen LogP contribution in [0.1, 0.15) is 11.1 Å². The second kappa shape index (κ2) is 10.3. The van der Waals surface area contributed by atoms with Crippen molar-refractivity contribution in [2.45, 2.75) is 11.4 Å². The van der Waals surface area contributed by atoms with Crippen molar-refractivity contribution < 1.29 is 18.0 Å². The van der Waals surface area contributed by atoms with Crippen molar-refractivity contribution >= 4 is 50.4 Å². The molecule has 4 aromatic rings. The van der Waals surface area contributed by atoms with Gasteiger partial charge in [-0.2, -0.15) is 0 Å². The number of sulfonamides is 1. The van der Waals surface area contributed by atoms with E-state index in [2.05, 4.69) is 15.6 Å². The largest absolute Gasteiger partial charge is 0.323 e. The molecule has 3 amide bonds. The van der Waals surface area contributed by atoms with Crippen molar-refractivity contribution in [3.8, 4) is 0 Å². The number of nitrogens with zero attached hydrogens (tertiary/aromatic N) is 2. The fourth-order valence-electron chi connectivity index (χ4n) is 4.06. The van der Waals surface area contributed by atoms with Gasteiger partial charge in [-0.15, -0.1) is 0 Å². The lowest BCUT2D eigenvalue weighted by Crippen LogP contribution is -2.29. The Hall–Kier alpha value is -4.80. The first kappa shape index (κ1) is 24.9. The fraction of sp³-hybridized carbons (Fsp3) is 0.0357. The molecule has 4 aromatic carbocycles. The number of hydrogen-bond donors (Lipinski definition) is 3. The summed E-state index contributed by atoms with van der Waals surface area (Å²) in [7, 11) is -3.81. The van der Waals surface area contributed by atoms with Crippen molar-refractivity contribution in [1.82, 2.24) is 0 Å². The Morgan fingerprint density at radius 2 is 1.37 bits per heavy atom. The number of amides is 3. The van der Waals surface area contributed by atoms with E-state index in [1.54, 1.807) is 29.2 Å². The molecule has 1 heterocycles.